The molecule has 0 heterocycles. The minimum Gasteiger partial charge on any atom is -0.396 e. The SMILES string of the molecule is Cc1ccc(NC(=O)CN(CCCO)C(C)C)c(Cl)c1. The van der Waals surface area contributed by atoms with Gasteiger partial charge in [-0.15, -0.1) is 0 Å². The van der Waals surface area contributed by atoms with Crippen molar-refractivity contribution in [3.63, 3.8) is 0 Å². The second kappa shape index (κ2) is 8.25. The highest BCUT2D eigenvalue weighted by atomic mass is 35.5. The zero-order valence-electron chi connectivity index (χ0n) is 12.3. The van der Waals surface area contributed by atoms with Gasteiger partial charge >= 0.3 is 0 Å². The molecule has 0 aliphatic carbocycles. The van der Waals surface area contributed by atoms with Gasteiger partial charge < -0.3 is 10.4 Å². The van der Waals surface area contributed by atoms with Crippen LogP contribution in [0, 0.1) is 6.92 Å². The first-order valence-electron chi connectivity index (χ1n) is 6.85. The van der Waals surface area contributed by atoms with Gasteiger partial charge in [0.1, 0.15) is 0 Å². The Balaban J connectivity index is 2.61. The van der Waals surface area contributed by atoms with Gasteiger partial charge in [0.2, 0.25) is 5.91 Å². The van der Waals surface area contributed by atoms with E-state index in [9.17, 15) is 4.79 Å². The van der Waals surface area contributed by atoms with Gasteiger partial charge in [-0.2, -0.15) is 0 Å². The number of halogens is 1. The molecule has 0 unspecified atom stereocenters. The molecule has 0 aromatic heterocycles. The Morgan fingerprint density at radius 3 is 2.70 bits per heavy atom. The molecule has 0 saturated heterocycles. The molecule has 0 spiro atoms. The molecule has 2 N–H and O–H groups in total. The van der Waals surface area contributed by atoms with Crippen molar-refractivity contribution in [2.75, 3.05) is 25.0 Å². The van der Waals surface area contributed by atoms with E-state index in [0.717, 1.165) is 5.56 Å². The molecule has 0 saturated carbocycles. The summed E-state index contributed by atoms with van der Waals surface area (Å²) in [6.45, 7) is 7.14. The summed E-state index contributed by atoms with van der Waals surface area (Å²) in [4.78, 5) is 14.1. The summed E-state index contributed by atoms with van der Waals surface area (Å²) >= 11 is 6.09. The standard InChI is InChI=1S/C15H23ClN2O2/c1-11(2)18(7-4-8-19)10-15(20)17-14-6-5-12(3)9-13(14)16/h5-6,9,11,19H,4,7-8,10H2,1-3H3,(H,17,20). The lowest BCUT2D eigenvalue weighted by Gasteiger charge is -2.25. The van der Waals surface area contributed by atoms with Crippen molar-refractivity contribution in [3.8, 4) is 0 Å². The number of carbonyl (C=O) groups excluding carboxylic acids is 1. The van der Waals surface area contributed by atoms with E-state index in [2.05, 4.69) is 5.32 Å². The number of amides is 1. The predicted octanol–water partition coefficient (Wildman–Crippen LogP) is 2.68. The molecule has 0 radical (unpaired) electrons. The Bertz CT molecular complexity index is 449. The molecule has 5 heteroatoms. The smallest absolute Gasteiger partial charge is 0.238 e. The number of nitrogens with one attached hydrogen (secondary N) is 1. The Labute approximate surface area is 125 Å². The maximum atomic E-state index is 12.1. The summed E-state index contributed by atoms with van der Waals surface area (Å²) in [7, 11) is 0. The average Bonchev–Trinajstić information content (AvgIpc) is 2.37. The van der Waals surface area contributed by atoms with E-state index in [4.69, 9.17) is 16.7 Å². The van der Waals surface area contributed by atoms with Crippen LogP contribution in [0.25, 0.3) is 0 Å². The number of aliphatic hydroxyl groups is 1. The van der Waals surface area contributed by atoms with Crippen molar-refractivity contribution in [2.24, 2.45) is 0 Å². The molecular formula is C15H23ClN2O2. The van der Waals surface area contributed by atoms with Crippen LogP contribution in [0.4, 0.5) is 5.69 Å². The minimum atomic E-state index is -0.0950. The quantitative estimate of drug-likeness (QED) is 0.814. The minimum absolute atomic E-state index is 0.0950. The number of nitrogens with zero attached hydrogens (tertiary/aromatic N) is 1. The molecule has 4 nitrogen and oxygen atoms in total. The molecule has 20 heavy (non-hydrogen) atoms. The number of hydrogen-bond donors (Lipinski definition) is 2. The fourth-order valence-corrected chi connectivity index (χ4v) is 2.17. The average molecular weight is 299 g/mol. The van der Waals surface area contributed by atoms with Gasteiger partial charge in [-0.3, -0.25) is 9.69 Å². The Morgan fingerprint density at radius 2 is 2.15 bits per heavy atom. The molecule has 0 aliphatic heterocycles. The van der Waals surface area contributed by atoms with Crippen molar-refractivity contribution < 1.29 is 9.90 Å². The first-order valence-corrected chi connectivity index (χ1v) is 7.22. The van der Waals surface area contributed by atoms with Crippen LogP contribution in [-0.2, 0) is 4.79 Å². The highest BCUT2D eigenvalue weighted by Crippen LogP contribution is 2.22. The van der Waals surface area contributed by atoms with E-state index in [1.165, 1.54) is 0 Å². The lowest BCUT2D eigenvalue weighted by molar-refractivity contribution is -0.117. The van der Waals surface area contributed by atoms with Crippen molar-refractivity contribution in [2.45, 2.75) is 33.2 Å². The maximum Gasteiger partial charge on any atom is 0.238 e. The summed E-state index contributed by atoms with van der Waals surface area (Å²) in [6, 6.07) is 5.79. The first kappa shape index (κ1) is 17.0. The summed E-state index contributed by atoms with van der Waals surface area (Å²) in [5.74, 6) is -0.0950. The number of anilines is 1. The van der Waals surface area contributed by atoms with E-state index in [-0.39, 0.29) is 18.6 Å². The molecule has 0 atom stereocenters. The van der Waals surface area contributed by atoms with Crippen LogP contribution in [0.2, 0.25) is 5.02 Å². The van der Waals surface area contributed by atoms with Crippen LogP contribution in [0.3, 0.4) is 0 Å². The topological polar surface area (TPSA) is 52.6 Å². The van der Waals surface area contributed by atoms with Crippen molar-refractivity contribution >= 4 is 23.2 Å². The fourth-order valence-electron chi connectivity index (χ4n) is 1.89. The Morgan fingerprint density at radius 1 is 1.45 bits per heavy atom. The van der Waals surface area contributed by atoms with Crippen LogP contribution in [0.15, 0.2) is 18.2 Å². The lowest BCUT2D eigenvalue weighted by atomic mass is 10.2. The van der Waals surface area contributed by atoms with Crippen LogP contribution in [0.1, 0.15) is 25.8 Å². The van der Waals surface area contributed by atoms with Crippen molar-refractivity contribution in [1.29, 1.82) is 0 Å². The van der Waals surface area contributed by atoms with Gasteiger partial charge in [0, 0.05) is 19.2 Å². The Hall–Kier alpha value is -1.10. The molecule has 0 bridgehead atoms. The summed E-state index contributed by atoms with van der Waals surface area (Å²) in [5, 5.41) is 12.3. The third-order valence-electron chi connectivity index (χ3n) is 3.08. The summed E-state index contributed by atoms with van der Waals surface area (Å²) in [6.07, 6.45) is 0.663. The summed E-state index contributed by atoms with van der Waals surface area (Å²) in [5.41, 5.74) is 1.69. The number of benzene rings is 1. The lowest BCUT2D eigenvalue weighted by Crippen LogP contribution is -2.39. The van der Waals surface area contributed by atoms with Crippen LogP contribution in [0.5, 0.6) is 0 Å². The number of carbonyl (C=O) groups is 1. The van der Waals surface area contributed by atoms with Gasteiger partial charge in [-0.1, -0.05) is 17.7 Å². The van der Waals surface area contributed by atoms with Crippen LogP contribution >= 0.6 is 11.6 Å². The number of rotatable bonds is 7. The number of aryl methyl sites for hydroxylation is 1. The van der Waals surface area contributed by atoms with Gasteiger partial charge in [0.05, 0.1) is 17.3 Å². The second-order valence-electron chi connectivity index (χ2n) is 5.17. The predicted molar refractivity (Wildman–Crippen MR) is 83.2 cm³/mol. The molecular weight excluding hydrogens is 276 g/mol. The van der Waals surface area contributed by atoms with E-state index < -0.39 is 0 Å². The molecule has 1 amide bonds. The van der Waals surface area contributed by atoms with Gasteiger partial charge in [0.15, 0.2) is 0 Å². The van der Waals surface area contributed by atoms with E-state index in [0.29, 0.717) is 30.2 Å². The third-order valence-corrected chi connectivity index (χ3v) is 3.39. The largest absolute Gasteiger partial charge is 0.396 e. The molecule has 1 aromatic carbocycles. The number of aliphatic hydroxyl groups excluding tert-OH is 1. The van der Waals surface area contributed by atoms with Crippen molar-refractivity contribution in [3.05, 3.63) is 28.8 Å². The number of hydrogen-bond acceptors (Lipinski definition) is 3. The second-order valence-corrected chi connectivity index (χ2v) is 5.58. The maximum absolute atomic E-state index is 12.1. The van der Waals surface area contributed by atoms with Gasteiger partial charge in [-0.05, 0) is 44.9 Å². The highest BCUT2D eigenvalue weighted by molar-refractivity contribution is 6.33. The highest BCUT2D eigenvalue weighted by Gasteiger charge is 2.14. The van der Waals surface area contributed by atoms with E-state index in [1.54, 1.807) is 0 Å². The van der Waals surface area contributed by atoms with Gasteiger partial charge in [0.25, 0.3) is 0 Å². The molecule has 0 aliphatic rings. The Kier molecular flexibility index (Phi) is 6.99. The first-order chi connectivity index (χ1) is 9.43. The van der Waals surface area contributed by atoms with E-state index in [1.807, 2.05) is 43.9 Å². The molecule has 1 rings (SSSR count). The van der Waals surface area contributed by atoms with Crippen LogP contribution in [-0.4, -0.2) is 41.7 Å². The summed E-state index contributed by atoms with van der Waals surface area (Å²) < 4.78 is 0. The molecule has 1 aromatic rings. The monoisotopic (exact) mass is 298 g/mol. The van der Waals surface area contributed by atoms with E-state index >= 15 is 0 Å². The normalized spacial score (nSPS) is 11.2. The fraction of sp³-hybridized carbons (Fsp3) is 0.533. The van der Waals surface area contributed by atoms with Crippen LogP contribution < -0.4 is 5.32 Å². The third kappa shape index (κ3) is 5.49. The zero-order chi connectivity index (χ0) is 15.1. The van der Waals surface area contributed by atoms with Gasteiger partial charge in [-0.25, -0.2) is 0 Å². The molecule has 0 fully saturated rings. The zero-order valence-corrected chi connectivity index (χ0v) is 13.1. The molecule has 112 valence electrons. The van der Waals surface area contributed by atoms with Crippen molar-refractivity contribution in [1.82, 2.24) is 4.90 Å².